The Kier molecular flexibility index (Phi) is 4.91. The summed E-state index contributed by atoms with van der Waals surface area (Å²) >= 11 is 3.99. The van der Waals surface area contributed by atoms with E-state index in [0.717, 1.165) is 18.1 Å². The zero-order chi connectivity index (χ0) is 13.9. The van der Waals surface area contributed by atoms with Gasteiger partial charge in [-0.25, -0.2) is 0 Å². The highest BCUT2D eigenvalue weighted by atomic mass is 32.2. The van der Waals surface area contributed by atoms with Gasteiger partial charge in [0.15, 0.2) is 5.82 Å². The monoisotopic (exact) mass is 315 g/mol. The smallest absolute Gasteiger partial charge is 0.233 e. The highest BCUT2D eigenvalue weighted by Gasteiger charge is 2.35. The largest absolute Gasteiger partial charge is 0.379 e. The molecule has 2 fully saturated rings. The standard InChI is InChI=1S/C13H21N3O2S2/c1-3-10-11(20-5-4-19-10)12-15-13(18-16-12)8-6-17-7-9(8)14-2/h8-11,14H,3-7H2,1-2H3. The molecular weight excluding hydrogens is 294 g/mol. The molecule has 0 amide bonds. The fraction of sp³-hybridized carbons (Fsp3) is 0.846. The summed E-state index contributed by atoms with van der Waals surface area (Å²) in [5.74, 6) is 4.17. The summed E-state index contributed by atoms with van der Waals surface area (Å²) in [6.45, 7) is 3.61. The first kappa shape index (κ1) is 14.7. The zero-order valence-electron chi connectivity index (χ0n) is 11.9. The van der Waals surface area contributed by atoms with E-state index in [-0.39, 0.29) is 12.0 Å². The third-order valence-corrected chi connectivity index (χ3v) is 7.18. The summed E-state index contributed by atoms with van der Waals surface area (Å²) in [4.78, 5) is 4.68. The molecular formula is C13H21N3O2S2. The molecule has 112 valence electrons. The average Bonchev–Trinajstić information content (AvgIpc) is 3.15. The summed E-state index contributed by atoms with van der Waals surface area (Å²) in [5, 5.41) is 8.47. The number of rotatable bonds is 4. The Bertz CT molecular complexity index is 443. The molecule has 0 bridgehead atoms. The molecule has 4 atom stereocenters. The first-order valence-electron chi connectivity index (χ1n) is 7.15. The summed E-state index contributed by atoms with van der Waals surface area (Å²) < 4.78 is 11.0. The topological polar surface area (TPSA) is 60.2 Å². The SMILES string of the molecule is CCC1SCCSC1c1noc(C2COCC2NC)n1. The van der Waals surface area contributed by atoms with Gasteiger partial charge in [0.05, 0.1) is 24.4 Å². The summed E-state index contributed by atoms with van der Waals surface area (Å²) in [6, 6.07) is 0.277. The molecule has 2 saturated heterocycles. The van der Waals surface area contributed by atoms with Crippen molar-refractivity contribution < 1.29 is 9.26 Å². The van der Waals surface area contributed by atoms with E-state index in [1.165, 1.54) is 11.5 Å². The minimum Gasteiger partial charge on any atom is -0.379 e. The molecule has 4 unspecified atom stereocenters. The van der Waals surface area contributed by atoms with E-state index in [0.29, 0.717) is 23.7 Å². The molecule has 0 aliphatic carbocycles. The van der Waals surface area contributed by atoms with Crippen molar-refractivity contribution in [3.05, 3.63) is 11.7 Å². The van der Waals surface area contributed by atoms with Gasteiger partial charge in [-0.3, -0.25) is 0 Å². The van der Waals surface area contributed by atoms with Crippen molar-refractivity contribution in [3.8, 4) is 0 Å². The van der Waals surface area contributed by atoms with Crippen LogP contribution in [0.2, 0.25) is 0 Å². The molecule has 1 aromatic rings. The second-order valence-electron chi connectivity index (χ2n) is 5.14. The van der Waals surface area contributed by atoms with E-state index in [4.69, 9.17) is 9.26 Å². The van der Waals surface area contributed by atoms with Crippen molar-refractivity contribution in [1.82, 2.24) is 15.5 Å². The lowest BCUT2D eigenvalue weighted by molar-refractivity contribution is 0.185. The minimum absolute atomic E-state index is 0.183. The predicted octanol–water partition coefficient (Wildman–Crippen LogP) is 2.07. The summed E-state index contributed by atoms with van der Waals surface area (Å²) in [5.41, 5.74) is 0. The second-order valence-corrected chi connectivity index (χ2v) is 7.74. The Morgan fingerprint density at radius 2 is 2.15 bits per heavy atom. The van der Waals surface area contributed by atoms with Crippen LogP contribution in [0.25, 0.3) is 0 Å². The van der Waals surface area contributed by atoms with Crippen LogP contribution >= 0.6 is 23.5 Å². The summed E-state index contributed by atoms with van der Waals surface area (Å²) in [6.07, 6.45) is 1.15. The van der Waals surface area contributed by atoms with Crippen molar-refractivity contribution in [1.29, 1.82) is 0 Å². The number of aromatic nitrogens is 2. The molecule has 2 aliphatic heterocycles. The van der Waals surface area contributed by atoms with Crippen LogP contribution in [0.3, 0.4) is 0 Å². The van der Waals surface area contributed by atoms with Gasteiger partial charge >= 0.3 is 0 Å². The lowest BCUT2D eigenvalue weighted by Gasteiger charge is -2.27. The van der Waals surface area contributed by atoms with Gasteiger partial charge in [0, 0.05) is 22.8 Å². The molecule has 0 radical (unpaired) electrons. The maximum Gasteiger partial charge on any atom is 0.233 e. The Balaban J connectivity index is 1.75. The third-order valence-electron chi connectivity index (χ3n) is 3.93. The van der Waals surface area contributed by atoms with Gasteiger partial charge in [0.1, 0.15) is 0 Å². The molecule has 3 rings (SSSR count). The van der Waals surface area contributed by atoms with Gasteiger partial charge in [-0.1, -0.05) is 12.1 Å². The van der Waals surface area contributed by atoms with Crippen molar-refractivity contribution in [2.75, 3.05) is 31.8 Å². The van der Waals surface area contributed by atoms with Crippen molar-refractivity contribution in [2.45, 2.75) is 35.8 Å². The van der Waals surface area contributed by atoms with Crippen molar-refractivity contribution >= 4 is 23.5 Å². The average molecular weight is 315 g/mol. The van der Waals surface area contributed by atoms with Gasteiger partial charge in [-0.15, -0.1) is 11.8 Å². The molecule has 0 aromatic carbocycles. The molecule has 5 nitrogen and oxygen atoms in total. The van der Waals surface area contributed by atoms with Crippen LogP contribution in [0, 0.1) is 0 Å². The normalized spacial score (nSPS) is 34.5. The lowest BCUT2D eigenvalue weighted by Crippen LogP contribution is -2.31. The van der Waals surface area contributed by atoms with E-state index in [9.17, 15) is 0 Å². The van der Waals surface area contributed by atoms with Crippen molar-refractivity contribution in [2.24, 2.45) is 0 Å². The number of likely N-dealkylation sites (N-methyl/N-ethyl adjacent to an activating group) is 1. The maximum atomic E-state index is 5.52. The van der Waals surface area contributed by atoms with Crippen molar-refractivity contribution in [3.63, 3.8) is 0 Å². The third kappa shape index (κ3) is 2.86. The second kappa shape index (κ2) is 6.68. The minimum atomic E-state index is 0.183. The van der Waals surface area contributed by atoms with Gasteiger partial charge in [-0.05, 0) is 13.5 Å². The van der Waals surface area contributed by atoms with Crippen LogP contribution in [0.1, 0.15) is 36.2 Å². The molecule has 20 heavy (non-hydrogen) atoms. The molecule has 7 heteroatoms. The molecule has 0 saturated carbocycles. The van der Waals surface area contributed by atoms with Crippen LogP contribution in [-0.2, 0) is 4.74 Å². The number of thioether (sulfide) groups is 2. The Labute approximate surface area is 128 Å². The highest BCUT2D eigenvalue weighted by molar-refractivity contribution is 8.06. The van der Waals surface area contributed by atoms with Gasteiger partial charge < -0.3 is 14.6 Å². The quantitative estimate of drug-likeness (QED) is 0.912. The number of hydrogen-bond donors (Lipinski definition) is 1. The van der Waals surface area contributed by atoms with Crippen LogP contribution in [0.5, 0.6) is 0 Å². The lowest BCUT2D eigenvalue weighted by atomic mass is 10.0. The van der Waals surface area contributed by atoms with E-state index in [1.54, 1.807) is 0 Å². The van der Waals surface area contributed by atoms with E-state index in [1.807, 2.05) is 30.6 Å². The van der Waals surface area contributed by atoms with Crippen LogP contribution in [0.15, 0.2) is 4.52 Å². The van der Waals surface area contributed by atoms with Crippen LogP contribution in [-0.4, -0.2) is 53.2 Å². The van der Waals surface area contributed by atoms with E-state index in [2.05, 4.69) is 22.4 Å². The first-order valence-corrected chi connectivity index (χ1v) is 9.25. The molecule has 0 spiro atoms. The number of nitrogens with zero attached hydrogens (tertiary/aromatic N) is 2. The number of hydrogen-bond acceptors (Lipinski definition) is 7. The van der Waals surface area contributed by atoms with Gasteiger partial charge in [0.2, 0.25) is 5.89 Å². The van der Waals surface area contributed by atoms with Crippen LogP contribution < -0.4 is 5.32 Å². The van der Waals surface area contributed by atoms with Gasteiger partial charge in [0.25, 0.3) is 0 Å². The molecule has 1 aromatic heterocycles. The fourth-order valence-electron chi connectivity index (χ4n) is 2.74. The summed E-state index contributed by atoms with van der Waals surface area (Å²) in [7, 11) is 1.95. The number of nitrogens with one attached hydrogen (secondary N) is 1. The van der Waals surface area contributed by atoms with E-state index >= 15 is 0 Å². The van der Waals surface area contributed by atoms with E-state index < -0.39 is 0 Å². The zero-order valence-corrected chi connectivity index (χ0v) is 13.5. The van der Waals surface area contributed by atoms with Crippen LogP contribution in [0.4, 0.5) is 0 Å². The molecule has 2 aliphatic rings. The highest BCUT2D eigenvalue weighted by Crippen LogP contribution is 2.43. The Morgan fingerprint density at radius 3 is 2.95 bits per heavy atom. The Hall–Kier alpha value is -0.240. The number of ether oxygens (including phenoxy) is 1. The Morgan fingerprint density at radius 1 is 1.30 bits per heavy atom. The molecule has 1 N–H and O–H groups in total. The van der Waals surface area contributed by atoms with Gasteiger partial charge in [-0.2, -0.15) is 16.7 Å². The first-order chi connectivity index (χ1) is 9.83. The maximum absolute atomic E-state index is 5.52. The predicted molar refractivity (Wildman–Crippen MR) is 82.4 cm³/mol. The molecule has 3 heterocycles. The fourth-order valence-corrected chi connectivity index (χ4v) is 5.72.